The lowest BCUT2D eigenvalue weighted by atomic mass is 9.93. The fourth-order valence-corrected chi connectivity index (χ4v) is 1.53. The summed E-state index contributed by atoms with van der Waals surface area (Å²) < 4.78 is 4.63. The Labute approximate surface area is 83.1 Å². The topological polar surface area (TPSA) is 38.3 Å². The van der Waals surface area contributed by atoms with E-state index in [-0.39, 0.29) is 5.97 Å². The Bertz CT molecular complexity index is 328. The number of ether oxygens (including phenoxy) is 1. The highest BCUT2D eigenvalue weighted by molar-refractivity contribution is 5.89. The molecule has 0 bridgehead atoms. The minimum absolute atomic E-state index is 0.275. The quantitative estimate of drug-likeness (QED) is 0.713. The molecule has 14 heavy (non-hydrogen) atoms. The number of hydrogen-bond donors (Lipinski definition) is 1. The van der Waals surface area contributed by atoms with Gasteiger partial charge in [-0.2, -0.15) is 0 Å². The van der Waals surface area contributed by atoms with Gasteiger partial charge in [0.15, 0.2) is 0 Å². The normalized spacial score (nSPS) is 16.1. The number of rotatable bonds is 2. The summed E-state index contributed by atoms with van der Waals surface area (Å²) in [6, 6.07) is 7.63. The van der Waals surface area contributed by atoms with Crippen molar-refractivity contribution in [2.24, 2.45) is 0 Å². The highest BCUT2D eigenvalue weighted by atomic mass is 16.5. The molecule has 3 nitrogen and oxygen atoms in total. The maximum absolute atomic E-state index is 11.1. The van der Waals surface area contributed by atoms with Crippen LogP contribution in [0.4, 0.5) is 0 Å². The molecule has 0 atom stereocenters. The number of benzene rings is 1. The lowest BCUT2D eigenvalue weighted by Gasteiger charge is -2.27. The molecule has 1 aliphatic heterocycles. The summed E-state index contributed by atoms with van der Waals surface area (Å²) in [7, 11) is 1.39. The van der Waals surface area contributed by atoms with Crippen molar-refractivity contribution in [2.45, 2.75) is 5.92 Å². The van der Waals surface area contributed by atoms with Gasteiger partial charge in [-0.1, -0.05) is 12.1 Å². The molecular formula is C11H13NO2. The van der Waals surface area contributed by atoms with E-state index in [1.165, 1.54) is 12.7 Å². The van der Waals surface area contributed by atoms with Crippen LogP contribution in [-0.4, -0.2) is 26.2 Å². The van der Waals surface area contributed by atoms with Crippen molar-refractivity contribution in [2.75, 3.05) is 20.2 Å². The predicted octanol–water partition coefficient (Wildman–Crippen LogP) is 1.16. The van der Waals surface area contributed by atoms with E-state index in [0.717, 1.165) is 13.1 Å². The Morgan fingerprint density at radius 3 is 2.43 bits per heavy atom. The molecule has 74 valence electrons. The standard InChI is InChI=1S/C11H13NO2/c1-14-11(13)9-4-2-8(3-5-9)10-6-12-7-10/h2-5,10,12H,6-7H2,1H3. The van der Waals surface area contributed by atoms with Crippen LogP contribution < -0.4 is 5.32 Å². The molecule has 1 heterocycles. The number of nitrogens with one attached hydrogen (secondary N) is 1. The Balaban J connectivity index is 2.13. The summed E-state index contributed by atoms with van der Waals surface area (Å²) in [6.45, 7) is 2.08. The molecule has 0 unspecified atom stereocenters. The largest absolute Gasteiger partial charge is 0.465 e. The van der Waals surface area contributed by atoms with Gasteiger partial charge in [-0.25, -0.2) is 4.79 Å². The number of methoxy groups -OCH3 is 1. The first-order valence-electron chi connectivity index (χ1n) is 4.70. The van der Waals surface area contributed by atoms with Gasteiger partial charge in [-0.15, -0.1) is 0 Å². The van der Waals surface area contributed by atoms with Crippen molar-refractivity contribution in [3.05, 3.63) is 35.4 Å². The van der Waals surface area contributed by atoms with Crippen LogP contribution in [-0.2, 0) is 4.74 Å². The summed E-state index contributed by atoms with van der Waals surface area (Å²) in [5.74, 6) is 0.338. The van der Waals surface area contributed by atoms with Crippen LogP contribution >= 0.6 is 0 Å². The van der Waals surface area contributed by atoms with E-state index >= 15 is 0 Å². The summed E-state index contributed by atoms with van der Waals surface area (Å²) in [5.41, 5.74) is 1.90. The number of esters is 1. The Hall–Kier alpha value is -1.35. The smallest absolute Gasteiger partial charge is 0.337 e. The van der Waals surface area contributed by atoms with Crippen LogP contribution in [0.2, 0.25) is 0 Å². The summed E-state index contributed by atoms with van der Waals surface area (Å²) in [5, 5.41) is 3.22. The highest BCUT2D eigenvalue weighted by Gasteiger charge is 2.18. The molecule has 0 saturated carbocycles. The van der Waals surface area contributed by atoms with E-state index < -0.39 is 0 Å². The van der Waals surface area contributed by atoms with Gasteiger partial charge >= 0.3 is 5.97 Å². The van der Waals surface area contributed by atoms with E-state index in [1.807, 2.05) is 24.3 Å². The molecule has 0 aliphatic carbocycles. The minimum atomic E-state index is -0.275. The first kappa shape index (κ1) is 9.21. The molecule has 1 aromatic carbocycles. The average molecular weight is 191 g/mol. The Morgan fingerprint density at radius 2 is 2.00 bits per heavy atom. The summed E-state index contributed by atoms with van der Waals surface area (Å²) in [6.07, 6.45) is 0. The molecule has 1 aromatic rings. The van der Waals surface area contributed by atoms with Crippen molar-refractivity contribution >= 4 is 5.97 Å². The second-order valence-corrected chi connectivity index (χ2v) is 3.47. The maximum Gasteiger partial charge on any atom is 0.337 e. The minimum Gasteiger partial charge on any atom is -0.465 e. The van der Waals surface area contributed by atoms with E-state index in [4.69, 9.17) is 0 Å². The van der Waals surface area contributed by atoms with E-state index in [2.05, 4.69) is 10.1 Å². The zero-order valence-corrected chi connectivity index (χ0v) is 8.12. The first-order chi connectivity index (χ1) is 6.81. The van der Waals surface area contributed by atoms with Gasteiger partial charge in [0.2, 0.25) is 0 Å². The highest BCUT2D eigenvalue weighted by Crippen LogP contribution is 2.19. The molecular weight excluding hydrogens is 178 g/mol. The third-order valence-electron chi connectivity index (χ3n) is 2.58. The van der Waals surface area contributed by atoms with Gasteiger partial charge in [-0.3, -0.25) is 0 Å². The maximum atomic E-state index is 11.1. The van der Waals surface area contributed by atoms with E-state index in [0.29, 0.717) is 11.5 Å². The molecule has 1 fully saturated rings. The third kappa shape index (κ3) is 1.63. The van der Waals surface area contributed by atoms with E-state index in [9.17, 15) is 4.79 Å². The van der Waals surface area contributed by atoms with Crippen LogP contribution in [0.25, 0.3) is 0 Å². The van der Waals surface area contributed by atoms with Gasteiger partial charge in [0.25, 0.3) is 0 Å². The molecule has 0 amide bonds. The second-order valence-electron chi connectivity index (χ2n) is 3.47. The van der Waals surface area contributed by atoms with Gasteiger partial charge in [0.05, 0.1) is 12.7 Å². The van der Waals surface area contributed by atoms with Gasteiger partial charge in [0.1, 0.15) is 0 Å². The first-order valence-corrected chi connectivity index (χ1v) is 4.70. The fraction of sp³-hybridized carbons (Fsp3) is 0.364. The molecule has 1 N–H and O–H groups in total. The predicted molar refractivity (Wildman–Crippen MR) is 53.4 cm³/mol. The molecule has 0 radical (unpaired) electrons. The lowest BCUT2D eigenvalue weighted by molar-refractivity contribution is 0.0600. The summed E-state index contributed by atoms with van der Waals surface area (Å²) >= 11 is 0. The molecule has 0 spiro atoms. The molecule has 1 aliphatic rings. The SMILES string of the molecule is COC(=O)c1ccc(C2CNC2)cc1. The van der Waals surface area contributed by atoms with Crippen molar-refractivity contribution < 1.29 is 9.53 Å². The zero-order chi connectivity index (χ0) is 9.97. The lowest BCUT2D eigenvalue weighted by Crippen LogP contribution is -2.39. The van der Waals surface area contributed by atoms with Gasteiger partial charge < -0.3 is 10.1 Å². The van der Waals surface area contributed by atoms with Gasteiger partial charge in [0, 0.05) is 19.0 Å². The molecule has 1 saturated heterocycles. The molecule has 0 aromatic heterocycles. The van der Waals surface area contributed by atoms with E-state index in [1.54, 1.807) is 0 Å². The average Bonchev–Trinajstić information content (AvgIpc) is 2.15. The third-order valence-corrected chi connectivity index (χ3v) is 2.58. The van der Waals surface area contributed by atoms with Crippen LogP contribution in [0.3, 0.4) is 0 Å². The second kappa shape index (κ2) is 3.80. The van der Waals surface area contributed by atoms with Gasteiger partial charge in [-0.05, 0) is 17.7 Å². The van der Waals surface area contributed by atoms with Crippen molar-refractivity contribution in [1.29, 1.82) is 0 Å². The van der Waals surface area contributed by atoms with Crippen LogP contribution in [0.15, 0.2) is 24.3 Å². The van der Waals surface area contributed by atoms with Crippen LogP contribution in [0.1, 0.15) is 21.8 Å². The fourth-order valence-electron chi connectivity index (χ4n) is 1.53. The monoisotopic (exact) mass is 191 g/mol. The molecule has 2 rings (SSSR count). The van der Waals surface area contributed by atoms with Crippen LogP contribution in [0.5, 0.6) is 0 Å². The zero-order valence-electron chi connectivity index (χ0n) is 8.12. The number of hydrogen-bond acceptors (Lipinski definition) is 3. The number of carbonyl (C=O) groups excluding carboxylic acids is 1. The Morgan fingerprint density at radius 1 is 1.36 bits per heavy atom. The molecule has 3 heteroatoms. The van der Waals surface area contributed by atoms with Crippen molar-refractivity contribution in [3.8, 4) is 0 Å². The van der Waals surface area contributed by atoms with Crippen LogP contribution in [0, 0.1) is 0 Å². The Kier molecular flexibility index (Phi) is 2.50. The van der Waals surface area contributed by atoms with Crippen molar-refractivity contribution in [1.82, 2.24) is 5.32 Å². The van der Waals surface area contributed by atoms with Crippen molar-refractivity contribution in [3.63, 3.8) is 0 Å². The number of carbonyl (C=O) groups is 1. The summed E-state index contributed by atoms with van der Waals surface area (Å²) in [4.78, 5) is 11.1.